The van der Waals surface area contributed by atoms with Crippen LogP contribution in [0.2, 0.25) is 0 Å². The Balaban J connectivity index is 1.47. The molecule has 0 aromatic rings. The topological polar surface area (TPSA) is 9.23 Å². The molecule has 0 amide bonds. The molecule has 4 aliphatic rings. The number of fused-ring (bicyclic) bond motifs is 5. The Hall–Kier alpha value is -0.300. The zero-order chi connectivity index (χ0) is 22.4. The van der Waals surface area contributed by atoms with Crippen molar-refractivity contribution in [2.45, 2.75) is 118 Å². The highest BCUT2D eigenvalue weighted by atomic mass is 16.5. The molecule has 0 radical (unpaired) electrons. The van der Waals surface area contributed by atoms with Gasteiger partial charge in [-0.2, -0.15) is 0 Å². The van der Waals surface area contributed by atoms with Crippen LogP contribution < -0.4 is 0 Å². The van der Waals surface area contributed by atoms with Crippen molar-refractivity contribution in [2.75, 3.05) is 7.11 Å². The summed E-state index contributed by atoms with van der Waals surface area (Å²) in [6.07, 6.45) is 18.6. The highest BCUT2D eigenvalue weighted by molar-refractivity contribution is 5.25. The summed E-state index contributed by atoms with van der Waals surface area (Å²) in [6.45, 7) is 15.2. The summed E-state index contributed by atoms with van der Waals surface area (Å²) >= 11 is 0. The van der Waals surface area contributed by atoms with Gasteiger partial charge in [-0.3, -0.25) is 0 Å². The number of ether oxygens (including phenoxy) is 1. The number of methoxy groups -OCH3 is 1. The van der Waals surface area contributed by atoms with Crippen LogP contribution in [0.1, 0.15) is 112 Å². The van der Waals surface area contributed by atoms with Crippen LogP contribution in [-0.2, 0) is 4.74 Å². The summed E-state index contributed by atoms with van der Waals surface area (Å²) in [5.74, 6) is 6.49. The predicted molar refractivity (Wildman–Crippen MR) is 133 cm³/mol. The van der Waals surface area contributed by atoms with E-state index in [4.69, 9.17) is 4.74 Å². The molecule has 0 aromatic carbocycles. The monoisotopic (exact) mass is 428 g/mol. The zero-order valence-electron chi connectivity index (χ0n) is 21.9. The maximum absolute atomic E-state index is 5.77. The maximum Gasteiger partial charge on any atom is 0.0608 e. The molecule has 0 bridgehead atoms. The molecule has 0 aliphatic heterocycles. The molecule has 9 atom stereocenters. The van der Waals surface area contributed by atoms with Crippen LogP contribution in [0.5, 0.6) is 0 Å². The molecule has 3 saturated carbocycles. The fourth-order valence-corrected chi connectivity index (χ4v) is 9.49. The molecule has 0 saturated heterocycles. The van der Waals surface area contributed by atoms with E-state index in [9.17, 15) is 0 Å². The van der Waals surface area contributed by atoms with Gasteiger partial charge in [0.1, 0.15) is 0 Å². The fourth-order valence-electron chi connectivity index (χ4n) is 9.49. The van der Waals surface area contributed by atoms with Gasteiger partial charge in [0.2, 0.25) is 0 Å². The third kappa shape index (κ3) is 4.08. The van der Waals surface area contributed by atoms with Crippen LogP contribution in [0.15, 0.2) is 11.6 Å². The Morgan fingerprint density at radius 1 is 1.00 bits per heavy atom. The highest BCUT2D eigenvalue weighted by Gasteiger charge is 2.59. The molecule has 1 heteroatoms. The third-order valence-electron chi connectivity index (χ3n) is 11.6. The van der Waals surface area contributed by atoms with Crippen LogP contribution in [-0.4, -0.2) is 13.2 Å². The first-order chi connectivity index (χ1) is 14.7. The number of hydrogen-bond acceptors (Lipinski definition) is 1. The molecule has 1 nitrogen and oxygen atoms in total. The minimum absolute atomic E-state index is 0.467. The molecule has 31 heavy (non-hydrogen) atoms. The first-order valence-corrected chi connectivity index (χ1v) is 14.0. The maximum atomic E-state index is 5.77. The average Bonchev–Trinajstić information content (AvgIpc) is 3.10. The molecular weight excluding hydrogens is 376 g/mol. The third-order valence-corrected chi connectivity index (χ3v) is 11.6. The van der Waals surface area contributed by atoms with Crippen molar-refractivity contribution in [1.82, 2.24) is 0 Å². The second-order valence-electron chi connectivity index (χ2n) is 13.1. The van der Waals surface area contributed by atoms with Gasteiger partial charge in [-0.25, -0.2) is 0 Å². The van der Waals surface area contributed by atoms with E-state index >= 15 is 0 Å². The molecule has 4 aliphatic carbocycles. The minimum atomic E-state index is 0.467. The van der Waals surface area contributed by atoms with Crippen molar-refractivity contribution in [1.29, 1.82) is 0 Å². The molecule has 4 rings (SSSR count). The summed E-state index contributed by atoms with van der Waals surface area (Å²) in [7, 11) is 1.91. The van der Waals surface area contributed by atoms with Gasteiger partial charge >= 0.3 is 0 Å². The Morgan fingerprint density at radius 3 is 2.45 bits per heavy atom. The quantitative estimate of drug-likeness (QED) is 0.368. The van der Waals surface area contributed by atoms with Gasteiger partial charge in [0.05, 0.1) is 6.10 Å². The van der Waals surface area contributed by atoms with Crippen LogP contribution in [0.4, 0.5) is 0 Å². The highest BCUT2D eigenvalue weighted by Crippen LogP contribution is 2.67. The van der Waals surface area contributed by atoms with Crippen molar-refractivity contribution >= 4 is 0 Å². The lowest BCUT2D eigenvalue weighted by molar-refractivity contribution is -0.0603. The van der Waals surface area contributed by atoms with E-state index in [0.717, 1.165) is 41.4 Å². The molecule has 178 valence electrons. The van der Waals surface area contributed by atoms with E-state index in [1.54, 1.807) is 5.57 Å². The summed E-state index contributed by atoms with van der Waals surface area (Å²) in [5, 5.41) is 0. The van der Waals surface area contributed by atoms with Gasteiger partial charge in [0.25, 0.3) is 0 Å². The van der Waals surface area contributed by atoms with E-state index < -0.39 is 0 Å². The van der Waals surface area contributed by atoms with Crippen LogP contribution >= 0.6 is 0 Å². The Morgan fingerprint density at radius 2 is 1.77 bits per heavy atom. The predicted octanol–water partition coefficient (Wildman–Crippen LogP) is 8.68. The number of hydrogen-bond donors (Lipinski definition) is 0. The van der Waals surface area contributed by atoms with Crippen molar-refractivity contribution in [2.24, 2.45) is 52.3 Å². The van der Waals surface area contributed by atoms with Gasteiger partial charge in [0, 0.05) is 7.11 Å². The van der Waals surface area contributed by atoms with Gasteiger partial charge in [-0.05, 0) is 110 Å². The van der Waals surface area contributed by atoms with E-state index in [2.05, 4.69) is 47.6 Å². The van der Waals surface area contributed by atoms with Crippen molar-refractivity contribution in [3.63, 3.8) is 0 Å². The van der Waals surface area contributed by atoms with Gasteiger partial charge in [-0.1, -0.05) is 66.0 Å². The smallest absolute Gasteiger partial charge is 0.0608 e. The molecule has 0 spiro atoms. The van der Waals surface area contributed by atoms with E-state index in [1.807, 2.05) is 7.11 Å². The zero-order valence-corrected chi connectivity index (χ0v) is 21.9. The van der Waals surface area contributed by atoms with E-state index in [-0.39, 0.29) is 0 Å². The molecule has 0 heterocycles. The first kappa shape index (κ1) is 23.8. The first-order valence-electron chi connectivity index (χ1n) is 14.0. The summed E-state index contributed by atoms with van der Waals surface area (Å²) in [6, 6.07) is 0. The van der Waals surface area contributed by atoms with E-state index in [0.29, 0.717) is 16.9 Å². The minimum Gasteiger partial charge on any atom is -0.381 e. The lowest BCUT2D eigenvalue weighted by Crippen LogP contribution is -2.51. The lowest BCUT2D eigenvalue weighted by atomic mass is 9.47. The summed E-state index contributed by atoms with van der Waals surface area (Å²) in [4.78, 5) is 0. The number of allylic oxidation sites excluding steroid dienone is 1. The van der Waals surface area contributed by atoms with Crippen LogP contribution in [0.3, 0.4) is 0 Å². The van der Waals surface area contributed by atoms with Crippen molar-refractivity contribution in [3.8, 4) is 0 Å². The standard InChI is InChI=1S/C30H52O/c1-8-22(20(2)3)10-9-21(4)26-13-14-27-25-12-11-23-19-24(31-7)15-17-29(23,5)28(25)16-18-30(26,27)6/h11,20-22,24-28H,8-10,12-19H2,1-7H3/t21-,22-,24+,25+,26-,27+,28+,29+,30-/m1/s1. The number of rotatable bonds is 7. The average molecular weight is 429 g/mol. The largest absolute Gasteiger partial charge is 0.381 e. The second-order valence-corrected chi connectivity index (χ2v) is 13.1. The Labute approximate surface area is 194 Å². The summed E-state index contributed by atoms with van der Waals surface area (Å²) in [5.41, 5.74) is 2.83. The normalized spacial score (nSPS) is 44.3. The SMILES string of the molecule is CC[C@H](CC[C@@H](C)[C@H]1CC[C@H]2[C@@H]3CC=C4C[C@@H](OC)CC[C@]4(C)[C@H]3CC[C@]12C)C(C)C. The van der Waals surface area contributed by atoms with Gasteiger partial charge in [-0.15, -0.1) is 0 Å². The fraction of sp³-hybridized carbons (Fsp3) is 0.933. The van der Waals surface area contributed by atoms with Crippen molar-refractivity contribution in [3.05, 3.63) is 11.6 Å². The Bertz CT molecular complexity index is 649. The van der Waals surface area contributed by atoms with Gasteiger partial charge < -0.3 is 4.74 Å². The Kier molecular flexibility index (Phi) is 7.04. The molecule has 0 unspecified atom stereocenters. The molecular formula is C30H52O. The second kappa shape index (κ2) is 9.15. The molecule has 3 fully saturated rings. The van der Waals surface area contributed by atoms with Crippen LogP contribution in [0.25, 0.3) is 0 Å². The molecule has 0 aromatic heterocycles. The van der Waals surface area contributed by atoms with Crippen molar-refractivity contribution < 1.29 is 4.74 Å². The summed E-state index contributed by atoms with van der Waals surface area (Å²) < 4.78 is 5.77. The van der Waals surface area contributed by atoms with Gasteiger partial charge in [0.15, 0.2) is 0 Å². The lowest BCUT2D eigenvalue weighted by Gasteiger charge is -2.58. The molecule has 0 N–H and O–H groups in total. The van der Waals surface area contributed by atoms with Crippen LogP contribution in [0, 0.1) is 52.3 Å². The van der Waals surface area contributed by atoms with E-state index in [1.165, 1.54) is 70.6 Å².